The van der Waals surface area contributed by atoms with Gasteiger partial charge in [0.15, 0.2) is 0 Å². The molecule has 1 amide bonds. The van der Waals surface area contributed by atoms with Crippen LogP contribution in [0.15, 0.2) is 30.5 Å². The molecule has 0 unspecified atom stereocenters. The molecule has 0 saturated heterocycles. The van der Waals surface area contributed by atoms with Crippen LogP contribution in [0.1, 0.15) is 10.5 Å². The van der Waals surface area contributed by atoms with E-state index in [-0.39, 0.29) is 10.7 Å². The predicted octanol–water partition coefficient (Wildman–Crippen LogP) is 2.65. The van der Waals surface area contributed by atoms with Gasteiger partial charge in [-0.05, 0) is 24.3 Å². The van der Waals surface area contributed by atoms with E-state index in [4.69, 9.17) is 17.3 Å². The number of benzene rings is 1. The van der Waals surface area contributed by atoms with E-state index in [2.05, 4.69) is 5.32 Å². The number of aromatic nitrogens is 1. The summed E-state index contributed by atoms with van der Waals surface area (Å²) in [5, 5.41) is 2.73. The number of nitrogens with two attached hydrogens (primary N) is 1. The second kappa shape index (κ2) is 4.70. The lowest BCUT2D eigenvalue weighted by molar-refractivity contribution is 0.101. The first-order chi connectivity index (χ1) is 8.47. The fourth-order valence-electron chi connectivity index (χ4n) is 1.59. The number of carbonyl (C=O) groups excluding carboxylic acids is 1. The standard InChI is InChI=1S/C12H11ClFN3O/c1-17-6-8(15)5-11(17)12(18)16-10-3-2-7(13)4-9(10)14/h2-6H,15H2,1H3,(H,16,18). The van der Waals surface area contributed by atoms with Crippen LogP contribution in [0.2, 0.25) is 5.02 Å². The van der Waals surface area contributed by atoms with E-state index in [1.54, 1.807) is 17.8 Å². The number of aryl methyl sites for hydroxylation is 1. The van der Waals surface area contributed by atoms with Crippen molar-refractivity contribution in [1.29, 1.82) is 0 Å². The molecule has 94 valence electrons. The monoisotopic (exact) mass is 267 g/mol. The van der Waals surface area contributed by atoms with Crippen molar-refractivity contribution in [2.24, 2.45) is 7.05 Å². The van der Waals surface area contributed by atoms with Gasteiger partial charge in [0.05, 0.1) is 11.4 Å². The van der Waals surface area contributed by atoms with Crippen molar-refractivity contribution >= 4 is 28.9 Å². The molecule has 0 radical (unpaired) electrons. The number of halogens is 2. The average molecular weight is 268 g/mol. The number of carbonyl (C=O) groups is 1. The van der Waals surface area contributed by atoms with Crippen LogP contribution >= 0.6 is 11.6 Å². The zero-order valence-electron chi connectivity index (χ0n) is 9.58. The van der Waals surface area contributed by atoms with Gasteiger partial charge in [-0.1, -0.05) is 11.6 Å². The summed E-state index contributed by atoms with van der Waals surface area (Å²) < 4.78 is 15.1. The van der Waals surface area contributed by atoms with Crippen molar-refractivity contribution in [3.8, 4) is 0 Å². The Morgan fingerprint density at radius 3 is 2.72 bits per heavy atom. The van der Waals surface area contributed by atoms with Crippen molar-refractivity contribution in [1.82, 2.24) is 4.57 Å². The van der Waals surface area contributed by atoms with Crippen LogP contribution in [0.3, 0.4) is 0 Å². The molecule has 18 heavy (non-hydrogen) atoms. The third-order valence-corrected chi connectivity index (χ3v) is 2.67. The topological polar surface area (TPSA) is 60.0 Å². The van der Waals surface area contributed by atoms with Gasteiger partial charge < -0.3 is 15.6 Å². The molecule has 1 heterocycles. The molecule has 0 saturated carbocycles. The Morgan fingerprint density at radius 2 is 2.17 bits per heavy atom. The first-order valence-electron chi connectivity index (χ1n) is 5.15. The zero-order chi connectivity index (χ0) is 13.3. The van der Waals surface area contributed by atoms with Gasteiger partial charge in [0, 0.05) is 18.3 Å². The van der Waals surface area contributed by atoms with Gasteiger partial charge in [-0.3, -0.25) is 4.79 Å². The first kappa shape index (κ1) is 12.4. The second-order valence-corrected chi connectivity index (χ2v) is 4.28. The van der Waals surface area contributed by atoms with E-state index in [0.29, 0.717) is 11.4 Å². The van der Waals surface area contributed by atoms with Crippen molar-refractivity contribution in [3.05, 3.63) is 47.0 Å². The minimum atomic E-state index is -0.585. The Morgan fingerprint density at radius 1 is 1.44 bits per heavy atom. The first-order valence-corrected chi connectivity index (χ1v) is 5.53. The average Bonchev–Trinajstić information content (AvgIpc) is 2.62. The largest absolute Gasteiger partial charge is 0.397 e. The fraction of sp³-hybridized carbons (Fsp3) is 0.0833. The molecule has 0 atom stereocenters. The SMILES string of the molecule is Cn1cc(N)cc1C(=O)Nc1ccc(Cl)cc1F. The third kappa shape index (κ3) is 2.46. The summed E-state index contributed by atoms with van der Waals surface area (Å²) in [7, 11) is 1.68. The van der Waals surface area contributed by atoms with Crippen LogP contribution in [0.5, 0.6) is 0 Å². The van der Waals surface area contributed by atoms with Crippen LogP contribution in [0.4, 0.5) is 15.8 Å². The number of nitrogens with one attached hydrogen (secondary N) is 1. The molecule has 0 fully saturated rings. The van der Waals surface area contributed by atoms with Crippen molar-refractivity contribution in [2.75, 3.05) is 11.1 Å². The summed E-state index contributed by atoms with van der Waals surface area (Å²) in [6.45, 7) is 0. The Kier molecular flexibility index (Phi) is 3.25. The number of anilines is 2. The molecule has 1 aromatic heterocycles. The Hall–Kier alpha value is -2.01. The van der Waals surface area contributed by atoms with Gasteiger partial charge in [-0.2, -0.15) is 0 Å². The number of hydrogen-bond donors (Lipinski definition) is 2. The third-order valence-electron chi connectivity index (χ3n) is 2.44. The highest BCUT2D eigenvalue weighted by Crippen LogP contribution is 2.20. The maximum atomic E-state index is 13.5. The highest BCUT2D eigenvalue weighted by Gasteiger charge is 2.13. The maximum Gasteiger partial charge on any atom is 0.272 e. The number of rotatable bonds is 2. The van der Waals surface area contributed by atoms with Crippen molar-refractivity contribution < 1.29 is 9.18 Å². The summed E-state index contributed by atoms with van der Waals surface area (Å²) in [6, 6.07) is 5.56. The normalized spacial score (nSPS) is 10.4. The molecule has 6 heteroatoms. The van der Waals surface area contributed by atoms with Gasteiger partial charge in [0.2, 0.25) is 0 Å². The summed E-state index contributed by atoms with van der Waals surface area (Å²) in [6.07, 6.45) is 1.60. The summed E-state index contributed by atoms with van der Waals surface area (Å²) in [5.74, 6) is -1.02. The molecular weight excluding hydrogens is 257 g/mol. The molecule has 0 aliphatic carbocycles. The van der Waals surface area contributed by atoms with Gasteiger partial charge in [0.25, 0.3) is 5.91 Å². The Bertz CT molecular complexity index is 609. The Balaban J connectivity index is 2.24. The Labute approximate surface area is 108 Å². The molecule has 2 aromatic rings. The van der Waals surface area contributed by atoms with E-state index < -0.39 is 11.7 Å². The minimum absolute atomic E-state index is 0.0733. The van der Waals surface area contributed by atoms with Crippen LogP contribution < -0.4 is 11.1 Å². The van der Waals surface area contributed by atoms with E-state index in [0.717, 1.165) is 6.07 Å². The number of amides is 1. The molecule has 0 aliphatic heterocycles. The molecule has 0 spiro atoms. The van der Waals surface area contributed by atoms with E-state index in [1.165, 1.54) is 18.2 Å². The molecule has 2 rings (SSSR count). The number of hydrogen-bond acceptors (Lipinski definition) is 2. The fourth-order valence-corrected chi connectivity index (χ4v) is 1.75. The zero-order valence-corrected chi connectivity index (χ0v) is 10.3. The molecule has 1 aromatic carbocycles. The number of nitrogen functional groups attached to an aromatic ring is 1. The van der Waals surface area contributed by atoms with Crippen LogP contribution in [-0.4, -0.2) is 10.5 Å². The van der Waals surface area contributed by atoms with Gasteiger partial charge >= 0.3 is 0 Å². The predicted molar refractivity (Wildman–Crippen MR) is 69.2 cm³/mol. The van der Waals surface area contributed by atoms with E-state index in [1.807, 2.05) is 0 Å². The summed E-state index contributed by atoms with van der Waals surface area (Å²) in [4.78, 5) is 11.9. The lowest BCUT2D eigenvalue weighted by Crippen LogP contribution is -2.16. The van der Waals surface area contributed by atoms with Gasteiger partial charge in [0.1, 0.15) is 11.5 Å². The van der Waals surface area contributed by atoms with Crippen molar-refractivity contribution in [3.63, 3.8) is 0 Å². The van der Waals surface area contributed by atoms with Crippen LogP contribution in [0, 0.1) is 5.82 Å². The highest BCUT2D eigenvalue weighted by atomic mass is 35.5. The smallest absolute Gasteiger partial charge is 0.272 e. The van der Waals surface area contributed by atoms with Crippen LogP contribution in [-0.2, 0) is 7.05 Å². The lowest BCUT2D eigenvalue weighted by atomic mass is 10.3. The maximum absolute atomic E-state index is 13.5. The van der Waals surface area contributed by atoms with E-state index in [9.17, 15) is 9.18 Å². The van der Waals surface area contributed by atoms with Gasteiger partial charge in [-0.15, -0.1) is 0 Å². The summed E-state index contributed by atoms with van der Waals surface area (Å²) in [5.41, 5.74) is 6.46. The second-order valence-electron chi connectivity index (χ2n) is 3.85. The molecule has 4 nitrogen and oxygen atoms in total. The molecule has 3 N–H and O–H groups in total. The molecular formula is C12H11ClFN3O. The lowest BCUT2D eigenvalue weighted by Gasteiger charge is -2.07. The van der Waals surface area contributed by atoms with Crippen molar-refractivity contribution in [2.45, 2.75) is 0 Å². The van der Waals surface area contributed by atoms with Gasteiger partial charge in [-0.25, -0.2) is 4.39 Å². The number of nitrogens with zero attached hydrogens (tertiary/aromatic N) is 1. The van der Waals surface area contributed by atoms with E-state index >= 15 is 0 Å². The quantitative estimate of drug-likeness (QED) is 0.879. The highest BCUT2D eigenvalue weighted by molar-refractivity contribution is 6.30. The minimum Gasteiger partial charge on any atom is -0.397 e. The molecule has 0 bridgehead atoms. The van der Waals surface area contributed by atoms with Crippen LogP contribution in [0.25, 0.3) is 0 Å². The molecule has 0 aliphatic rings. The summed E-state index contributed by atoms with van der Waals surface area (Å²) >= 11 is 5.63.